The Balaban J connectivity index is 2.48. The summed E-state index contributed by atoms with van der Waals surface area (Å²) < 4.78 is 0. The molecule has 0 saturated carbocycles. The maximum atomic E-state index is 12.0. The van der Waals surface area contributed by atoms with Gasteiger partial charge >= 0.3 is 0 Å². The lowest BCUT2D eigenvalue weighted by Crippen LogP contribution is -2.27. The van der Waals surface area contributed by atoms with Crippen LogP contribution in [0.2, 0.25) is 0 Å². The van der Waals surface area contributed by atoms with Gasteiger partial charge in [-0.05, 0) is 17.7 Å². The number of Topliss-reactive ketones (excluding diaryl/α,β-unsaturated/α-hetero) is 1. The Morgan fingerprint density at radius 2 is 2.00 bits per heavy atom. The predicted molar refractivity (Wildman–Crippen MR) is 64.5 cm³/mol. The lowest BCUT2D eigenvalue weighted by atomic mass is 10.0. The minimum absolute atomic E-state index is 0.196. The number of hydrogen-bond acceptors (Lipinski definition) is 3. The van der Waals surface area contributed by atoms with Gasteiger partial charge < -0.3 is 5.73 Å². The average molecular weight is 233 g/mol. The molecule has 2 rings (SSSR count). The second-order valence-corrected chi connectivity index (χ2v) is 4.52. The van der Waals surface area contributed by atoms with E-state index in [1.54, 1.807) is 6.92 Å². The van der Waals surface area contributed by atoms with Crippen LogP contribution in [-0.4, -0.2) is 11.7 Å². The molecule has 0 aliphatic rings. The first-order chi connectivity index (χ1) is 7.61. The van der Waals surface area contributed by atoms with Crippen molar-refractivity contribution in [3.63, 3.8) is 0 Å². The molecule has 0 bridgehead atoms. The molecular formula is C12H11NO2S. The molecule has 1 heterocycles. The molecule has 0 aliphatic carbocycles. The van der Waals surface area contributed by atoms with Gasteiger partial charge in [-0.3, -0.25) is 9.59 Å². The molecule has 1 unspecified atom stereocenters. The van der Waals surface area contributed by atoms with E-state index in [0.717, 1.165) is 10.8 Å². The maximum absolute atomic E-state index is 12.0. The first-order valence-electron chi connectivity index (χ1n) is 4.91. The predicted octanol–water partition coefficient (Wildman–Crippen LogP) is 2.21. The van der Waals surface area contributed by atoms with Gasteiger partial charge in [0.25, 0.3) is 0 Å². The number of primary amides is 1. The van der Waals surface area contributed by atoms with Crippen molar-refractivity contribution in [2.75, 3.05) is 0 Å². The van der Waals surface area contributed by atoms with Crippen molar-refractivity contribution in [1.29, 1.82) is 0 Å². The Labute approximate surface area is 96.9 Å². The standard InChI is InChI=1S/C12H11NO2S/c1-7(12(13)15)10(14)11-9-5-3-2-4-8(9)6-16-11/h2-7H,1H3,(H2,13,15). The van der Waals surface area contributed by atoms with Crippen LogP contribution in [0.4, 0.5) is 0 Å². The fraction of sp³-hybridized carbons (Fsp3) is 0.167. The fourth-order valence-corrected chi connectivity index (χ4v) is 2.57. The van der Waals surface area contributed by atoms with Gasteiger partial charge in [0.2, 0.25) is 5.91 Å². The fourth-order valence-electron chi connectivity index (χ4n) is 1.51. The van der Waals surface area contributed by atoms with Gasteiger partial charge in [-0.25, -0.2) is 0 Å². The summed E-state index contributed by atoms with van der Waals surface area (Å²) in [6, 6.07) is 7.62. The Bertz CT molecular complexity index is 559. The summed E-state index contributed by atoms with van der Waals surface area (Å²) in [5.74, 6) is -1.54. The molecule has 1 aromatic carbocycles. The van der Waals surface area contributed by atoms with Crippen LogP contribution in [0.25, 0.3) is 10.8 Å². The van der Waals surface area contributed by atoms with Crippen molar-refractivity contribution in [3.8, 4) is 0 Å². The van der Waals surface area contributed by atoms with E-state index in [1.165, 1.54) is 11.3 Å². The lowest BCUT2D eigenvalue weighted by molar-refractivity contribution is -0.119. The molecule has 82 valence electrons. The molecule has 0 saturated heterocycles. The van der Waals surface area contributed by atoms with Crippen LogP contribution in [-0.2, 0) is 4.79 Å². The number of benzene rings is 1. The van der Waals surface area contributed by atoms with Crippen LogP contribution in [0.5, 0.6) is 0 Å². The van der Waals surface area contributed by atoms with Crippen LogP contribution in [0.3, 0.4) is 0 Å². The number of rotatable bonds is 3. The van der Waals surface area contributed by atoms with Gasteiger partial charge in [-0.1, -0.05) is 24.3 Å². The smallest absolute Gasteiger partial charge is 0.228 e. The number of hydrogen-bond donors (Lipinski definition) is 1. The van der Waals surface area contributed by atoms with Crippen molar-refractivity contribution >= 4 is 33.8 Å². The van der Waals surface area contributed by atoms with Gasteiger partial charge in [-0.2, -0.15) is 0 Å². The van der Waals surface area contributed by atoms with Crippen molar-refractivity contribution in [3.05, 3.63) is 34.5 Å². The van der Waals surface area contributed by atoms with Crippen LogP contribution < -0.4 is 5.73 Å². The molecule has 0 radical (unpaired) electrons. The Hall–Kier alpha value is -1.68. The summed E-state index contributed by atoms with van der Waals surface area (Å²) >= 11 is 1.36. The van der Waals surface area contributed by atoms with Gasteiger partial charge in [0, 0.05) is 5.39 Å². The molecule has 16 heavy (non-hydrogen) atoms. The SMILES string of the molecule is CC(C(N)=O)C(=O)c1scc2ccccc12. The van der Waals surface area contributed by atoms with Crippen molar-refractivity contribution in [2.45, 2.75) is 6.92 Å². The molecular weight excluding hydrogens is 222 g/mol. The summed E-state index contributed by atoms with van der Waals surface area (Å²) in [5.41, 5.74) is 5.13. The van der Waals surface area contributed by atoms with Crippen molar-refractivity contribution in [2.24, 2.45) is 11.7 Å². The van der Waals surface area contributed by atoms with Crippen LogP contribution in [0.15, 0.2) is 29.6 Å². The van der Waals surface area contributed by atoms with E-state index in [-0.39, 0.29) is 5.78 Å². The summed E-state index contributed by atoms with van der Waals surface area (Å²) in [5, 5.41) is 3.83. The van der Waals surface area contributed by atoms with Crippen LogP contribution in [0, 0.1) is 5.92 Å². The number of carbonyl (C=O) groups excluding carboxylic acids is 2. The molecule has 3 nitrogen and oxygen atoms in total. The first kappa shape index (κ1) is 10.8. The maximum Gasteiger partial charge on any atom is 0.228 e. The van der Waals surface area contributed by atoms with E-state index in [1.807, 2.05) is 29.6 Å². The van der Waals surface area contributed by atoms with Gasteiger partial charge in [-0.15, -0.1) is 11.3 Å². The molecule has 0 fully saturated rings. The normalized spacial score (nSPS) is 12.6. The second-order valence-electron chi connectivity index (χ2n) is 3.64. The largest absolute Gasteiger partial charge is 0.369 e. The molecule has 1 atom stereocenters. The minimum Gasteiger partial charge on any atom is -0.369 e. The third-order valence-electron chi connectivity index (χ3n) is 2.55. The van der Waals surface area contributed by atoms with Crippen molar-refractivity contribution in [1.82, 2.24) is 0 Å². The molecule has 1 amide bonds. The molecule has 4 heteroatoms. The summed E-state index contributed by atoms with van der Waals surface area (Å²) in [6.07, 6.45) is 0. The third kappa shape index (κ3) is 1.72. The molecule has 0 aliphatic heterocycles. The highest BCUT2D eigenvalue weighted by molar-refractivity contribution is 7.14. The number of fused-ring (bicyclic) bond motifs is 1. The number of ketones is 1. The lowest BCUT2D eigenvalue weighted by Gasteiger charge is -2.04. The van der Waals surface area contributed by atoms with E-state index in [0.29, 0.717) is 4.88 Å². The molecule has 2 N–H and O–H groups in total. The first-order valence-corrected chi connectivity index (χ1v) is 5.79. The quantitative estimate of drug-likeness (QED) is 0.652. The number of amides is 1. The van der Waals surface area contributed by atoms with Gasteiger partial charge in [0.15, 0.2) is 5.78 Å². The highest BCUT2D eigenvalue weighted by Crippen LogP contribution is 2.27. The van der Waals surface area contributed by atoms with Crippen molar-refractivity contribution < 1.29 is 9.59 Å². The van der Waals surface area contributed by atoms with E-state index in [2.05, 4.69) is 0 Å². The number of thiophene rings is 1. The Morgan fingerprint density at radius 3 is 2.69 bits per heavy atom. The zero-order valence-electron chi connectivity index (χ0n) is 8.77. The topological polar surface area (TPSA) is 60.2 Å². The highest BCUT2D eigenvalue weighted by Gasteiger charge is 2.23. The molecule has 0 spiro atoms. The minimum atomic E-state index is -0.762. The van der Waals surface area contributed by atoms with E-state index in [9.17, 15) is 9.59 Å². The number of carbonyl (C=O) groups is 2. The summed E-state index contributed by atoms with van der Waals surface area (Å²) in [6.45, 7) is 1.54. The second kappa shape index (κ2) is 4.06. The number of nitrogens with two attached hydrogens (primary N) is 1. The van der Waals surface area contributed by atoms with Crippen LogP contribution >= 0.6 is 11.3 Å². The Morgan fingerprint density at radius 1 is 1.31 bits per heavy atom. The highest BCUT2D eigenvalue weighted by atomic mass is 32.1. The van der Waals surface area contributed by atoms with E-state index < -0.39 is 11.8 Å². The molecule has 2 aromatic rings. The van der Waals surface area contributed by atoms with E-state index >= 15 is 0 Å². The summed E-state index contributed by atoms with van der Waals surface area (Å²) in [7, 11) is 0. The summed E-state index contributed by atoms with van der Waals surface area (Å²) in [4.78, 5) is 23.6. The third-order valence-corrected chi connectivity index (χ3v) is 3.58. The van der Waals surface area contributed by atoms with Gasteiger partial charge in [0.05, 0.1) is 10.8 Å². The zero-order valence-corrected chi connectivity index (χ0v) is 9.58. The Kier molecular flexibility index (Phi) is 2.75. The monoisotopic (exact) mass is 233 g/mol. The molecule has 1 aromatic heterocycles. The average Bonchev–Trinajstić information content (AvgIpc) is 2.70. The zero-order chi connectivity index (χ0) is 11.7. The van der Waals surface area contributed by atoms with Gasteiger partial charge in [0.1, 0.15) is 0 Å². The van der Waals surface area contributed by atoms with Crippen LogP contribution in [0.1, 0.15) is 16.6 Å². The van der Waals surface area contributed by atoms with E-state index in [4.69, 9.17) is 5.73 Å².